The van der Waals surface area contributed by atoms with Gasteiger partial charge in [-0.25, -0.2) is 0 Å². The van der Waals surface area contributed by atoms with Crippen LogP contribution in [0.3, 0.4) is 0 Å². The lowest BCUT2D eigenvalue weighted by atomic mass is 10.2. The zero-order valence-electron chi connectivity index (χ0n) is 11.8. The summed E-state index contributed by atoms with van der Waals surface area (Å²) in [5.41, 5.74) is 1.07. The van der Waals surface area contributed by atoms with Crippen LogP contribution in [0.5, 0.6) is 0 Å². The molecule has 0 spiro atoms. The van der Waals surface area contributed by atoms with Gasteiger partial charge in [-0.05, 0) is 37.7 Å². The van der Waals surface area contributed by atoms with Gasteiger partial charge in [0.25, 0.3) is 0 Å². The first-order valence-corrected chi connectivity index (χ1v) is 7.46. The van der Waals surface area contributed by atoms with Crippen molar-refractivity contribution in [3.05, 3.63) is 30.3 Å². The van der Waals surface area contributed by atoms with E-state index in [1.54, 1.807) is 0 Å². The first-order valence-electron chi connectivity index (χ1n) is 7.05. The average Bonchev–Trinajstić information content (AvgIpc) is 2.47. The van der Waals surface area contributed by atoms with Gasteiger partial charge in [-0.1, -0.05) is 25.1 Å². The van der Waals surface area contributed by atoms with Crippen LogP contribution in [0.2, 0.25) is 0 Å². The van der Waals surface area contributed by atoms with E-state index < -0.39 is 0 Å². The van der Waals surface area contributed by atoms with Crippen LogP contribution in [0.15, 0.2) is 30.3 Å². The molecular weight excluding hydrogens is 254 g/mol. The quantitative estimate of drug-likeness (QED) is 0.856. The second kappa shape index (κ2) is 6.87. The van der Waals surface area contributed by atoms with Crippen molar-refractivity contribution < 1.29 is 0 Å². The van der Waals surface area contributed by atoms with E-state index >= 15 is 0 Å². The highest BCUT2D eigenvalue weighted by Gasteiger charge is 2.21. The lowest BCUT2D eigenvalue weighted by Gasteiger charge is -2.38. The third kappa shape index (κ3) is 3.91. The smallest absolute Gasteiger partial charge is 0.173 e. The van der Waals surface area contributed by atoms with Crippen molar-refractivity contribution in [2.45, 2.75) is 26.3 Å². The van der Waals surface area contributed by atoms with Crippen molar-refractivity contribution in [3.8, 4) is 0 Å². The van der Waals surface area contributed by atoms with Gasteiger partial charge in [0.05, 0.1) is 0 Å². The fourth-order valence-corrected chi connectivity index (χ4v) is 2.65. The molecule has 104 valence electrons. The summed E-state index contributed by atoms with van der Waals surface area (Å²) >= 11 is 5.48. The van der Waals surface area contributed by atoms with Crippen molar-refractivity contribution in [2.24, 2.45) is 0 Å². The number of hydrogen-bond donors (Lipinski definition) is 1. The monoisotopic (exact) mass is 277 g/mol. The standard InChI is InChI=1S/C15H23N3S/c1-3-13(2)17-9-11-18(12-10-17)15(19)16-14-7-5-4-6-8-14/h4-8,13H,3,9-12H2,1-2H3,(H,16,19). The van der Waals surface area contributed by atoms with Gasteiger partial charge in [0.2, 0.25) is 0 Å². The first kappa shape index (κ1) is 14.3. The highest BCUT2D eigenvalue weighted by Crippen LogP contribution is 2.11. The minimum atomic E-state index is 0.679. The van der Waals surface area contributed by atoms with Gasteiger partial charge in [-0.15, -0.1) is 0 Å². The Labute approximate surface area is 121 Å². The second-order valence-electron chi connectivity index (χ2n) is 5.08. The molecule has 0 aromatic heterocycles. The van der Waals surface area contributed by atoms with Crippen LogP contribution in [-0.4, -0.2) is 47.1 Å². The number of rotatable bonds is 3. The molecule has 0 amide bonds. The van der Waals surface area contributed by atoms with E-state index in [1.807, 2.05) is 30.3 Å². The normalized spacial score (nSPS) is 18.1. The molecule has 1 aliphatic rings. The van der Waals surface area contributed by atoms with E-state index in [-0.39, 0.29) is 0 Å². The predicted octanol–water partition coefficient (Wildman–Crippen LogP) is 2.80. The highest BCUT2D eigenvalue weighted by atomic mass is 32.1. The maximum absolute atomic E-state index is 5.48. The van der Waals surface area contributed by atoms with E-state index in [0.29, 0.717) is 6.04 Å². The Morgan fingerprint density at radius 1 is 1.21 bits per heavy atom. The Morgan fingerprint density at radius 3 is 2.42 bits per heavy atom. The summed E-state index contributed by atoms with van der Waals surface area (Å²) in [7, 11) is 0. The number of nitrogens with zero attached hydrogens (tertiary/aromatic N) is 2. The topological polar surface area (TPSA) is 18.5 Å². The van der Waals surface area contributed by atoms with Gasteiger partial charge in [0.15, 0.2) is 5.11 Å². The second-order valence-corrected chi connectivity index (χ2v) is 5.46. The van der Waals surface area contributed by atoms with E-state index in [4.69, 9.17) is 12.2 Å². The summed E-state index contributed by atoms with van der Waals surface area (Å²) in [4.78, 5) is 4.81. The van der Waals surface area contributed by atoms with Gasteiger partial charge in [-0.2, -0.15) is 0 Å². The number of anilines is 1. The number of hydrogen-bond acceptors (Lipinski definition) is 2. The van der Waals surface area contributed by atoms with Crippen molar-refractivity contribution in [1.29, 1.82) is 0 Å². The van der Waals surface area contributed by atoms with Crippen LogP contribution in [0.4, 0.5) is 5.69 Å². The fourth-order valence-electron chi connectivity index (χ4n) is 2.35. The number of thiocarbonyl (C=S) groups is 1. The zero-order chi connectivity index (χ0) is 13.7. The molecule has 1 aliphatic heterocycles. The lowest BCUT2D eigenvalue weighted by Crippen LogP contribution is -2.52. The van der Waals surface area contributed by atoms with Crippen LogP contribution in [0.1, 0.15) is 20.3 Å². The molecule has 4 heteroatoms. The molecule has 1 atom stereocenters. The SMILES string of the molecule is CCC(C)N1CCN(C(=S)Nc2ccccc2)CC1. The fraction of sp³-hybridized carbons (Fsp3) is 0.533. The molecule has 0 radical (unpaired) electrons. The summed E-state index contributed by atoms with van der Waals surface area (Å²) in [6, 6.07) is 10.8. The van der Waals surface area contributed by atoms with E-state index in [1.165, 1.54) is 6.42 Å². The van der Waals surface area contributed by atoms with E-state index in [2.05, 4.69) is 29.0 Å². The van der Waals surface area contributed by atoms with Crippen LogP contribution in [-0.2, 0) is 0 Å². The molecule has 1 aromatic carbocycles. The van der Waals surface area contributed by atoms with Gasteiger partial charge in [-0.3, -0.25) is 4.90 Å². The summed E-state index contributed by atoms with van der Waals surface area (Å²) in [6.45, 7) is 8.79. The van der Waals surface area contributed by atoms with E-state index in [9.17, 15) is 0 Å². The molecule has 0 aliphatic carbocycles. The summed E-state index contributed by atoms with van der Waals surface area (Å²) in [6.07, 6.45) is 1.21. The molecule has 0 bridgehead atoms. The molecule has 1 fully saturated rings. The largest absolute Gasteiger partial charge is 0.346 e. The Hall–Kier alpha value is -1.13. The van der Waals surface area contributed by atoms with Crippen molar-refractivity contribution in [1.82, 2.24) is 9.80 Å². The predicted molar refractivity (Wildman–Crippen MR) is 85.6 cm³/mol. The van der Waals surface area contributed by atoms with Gasteiger partial charge in [0.1, 0.15) is 0 Å². The van der Waals surface area contributed by atoms with Gasteiger partial charge in [0, 0.05) is 37.9 Å². The lowest BCUT2D eigenvalue weighted by molar-refractivity contribution is 0.139. The minimum Gasteiger partial charge on any atom is -0.346 e. The molecule has 1 saturated heterocycles. The van der Waals surface area contributed by atoms with Crippen LogP contribution < -0.4 is 5.32 Å². The average molecular weight is 277 g/mol. The summed E-state index contributed by atoms with van der Waals surface area (Å²) < 4.78 is 0. The molecule has 1 heterocycles. The third-order valence-electron chi connectivity index (χ3n) is 3.84. The number of piperazine rings is 1. The molecule has 3 nitrogen and oxygen atoms in total. The third-order valence-corrected chi connectivity index (χ3v) is 4.20. The molecule has 19 heavy (non-hydrogen) atoms. The molecule has 0 saturated carbocycles. The molecule has 2 rings (SSSR count). The Morgan fingerprint density at radius 2 is 1.84 bits per heavy atom. The first-order chi connectivity index (χ1) is 9.20. The molecule has 1 N–H and O–H groups in total. The van der Waals surface area contributed by atoms with Crippen LogP contribution in [0.25, 0.3) is 0 Å². The Bertz CT molecular complexity index is 399. The molecule has 1 aromatic rings. The van der Waals surface area contributed by atoms with Crippen LogP contribution >= 0.6 is 12.2 Å². The maximum Gasteiger partial charge on any atom is 0.173 e. The Balaban J connectivity index is 1.83. The summed E-state index contributed by atoms with van der Waals surface area (Å²) in [5, 5.41) is 4.15. The Kier molecular flexibility index (Phi) is 5.16. The van der Waals surface area contributed by atoms with Gasteiger partial charge >= 0.3 is 0 Å². The minimum absolute atomic E-state index is 0.679. The molecular formula is C15H23N3S. The number of benzene rings is 1. The van der Waals surface area contributed by atoms with Crippen LogP contribution in [0, 0.1) is 0 Å². The van der Waals surface area contributed by atoms with Gasteiger partial charge < -0.3 is 10.2 Å². The van der Waals surface area contributed by atoms with Crippen molar-refractivity contribution in [2.75, 3.05) is 31.5 Å². The van der Waals surface area contributed by atoms with E-state index in [0.717, 1.165) is 37.0 Å². The summed E-state index contributed by atoms with van der Waals surface area (Å²) in [5.74, 6) is 0. The zero-order valence-corrected chi connectivity index (χ0v) is 12.6. The maximum atomic E-state index is 5.48. The number of para-hydroxylation sites is 1. The van der Waals surface area contributed by atoms with Crippen molar-refractivity contribution >= 4 is 23.0 Å². The number of nitrogens with one attached hydrogen (secondary N) is 1. The molecule has 1 unspecified atom stereocenters. The highest BCUT2D eigenvalue weighted by molar-refractivity contribution is 7.80. The van der Waals surface area contributed by atoms with Crippen molar-refractivity contribution in [3.63, 3.8) is 0 Å².